The van der Waals surface area contributed by atoms with E-state index in [4.69, 9.17) is 0 Å². The quantitative estimate of drug-likeness (QED) is 0.785. The molecule has 0 saturated carbocycles. The number of nitrogens with zero attached hydrogens (tertiary/aromatic N) is 2. The average molecular weight is 298 g/mol. The number of hydrogen-bond acceptors (Lipinski definition) is 2. The molecule has 0 unspecified atom stereocenters. The molecule has 0 spiro atoms. The van der Waals surface area contributed by atoms with Gasteiger partial charge in [-0.25, -0.2) is 4.98 Å². The lowest BCUT2D eigenvalue weighted by molar-refractivity contribution is -0.360. The maximum Gasteiger partial charge on any atom is 0.460 e. The lowest BCUT2D eigenvalue weighted by Gasteiger charge is -2.27. The average Bonchev–Trinajstić information content (AvgIpc) is 2.36. The molecule has 0 aliphatic heterocycles. The van der Waals surface area contributed by atoms with Gasteiger partial charge in [0.25, 0.3) is 0 Å². The van der Waals surface area contributed by atoms with Crippen LogP contribution in [0.3, 0.4) is 0 Å². The van der Waals surface area contributed by atoms with Crippen molar-refractivity contribution in [2.24, 2.45) is 0 Å². The van der Waals surface area contributed by atoms with Crippen molar-refractivity contribution in [3.8, 4) is 0 Å². The van der Waals surface area contributed by atoms with E-state index in [2.05, 4.69) is 9.97 Å². The summed E-state index contributed by atoms with van der Waals surface area (Å²) in [5, 5.41) is 0. The molecule has 0 N–H and O–H groups in total. The van der Waals surface area contributed by atoms with Gasteiger partial charge in [-0.3, -0.25) is 4.98 Å². The third-order valence-corrected chi connectivity index (χ3v) is 2.52. The molecule has 2 rings (SSSR count). The zero-order valence-electron chi connectivity index (χ0n) is 9.43. The van der Waals surface area contributed by atoms with Crippen molar-refractivity contribution in [2.75, 3.05) is 0 Å². The molecule has 0 radical (unpaired) electrons. The van der Waals surface area contributed by atoms with E-state index in [-0.39, 0.29) is 17.2 Å². The van der Waals surface area contributed by atoms with E-state index in [9.17, 15) is 30.7 Å². The Balaban J connectivity index is 2.57. The van der Waals surface area contributed by atoms with Crippen LogP contribution in [0.5, 0.6) is 0 Å². The van der Waals surface area contributed by atoms with E-state index in [1.54, 1.807) is 0 Å². The van der Waals surface area contributed by atoms with Crippen LogP contribution in [0.1, 0.15) is 5.69 Å². The summed E-state index contributed by atoms with van der Waals surface area (Å²) in [6.45, 7) is 0. The molecule has 2 nitrogen and oxygen atoms in total. The van der Waals surface area contributed by atoms with Crippen LogP contribution in [-0.2, 0) is 5.92 Å². The summed E-state index contributed by atoms with van der Waals surface area (Å²) in [5.41, 5.74) is -1.84. The van der Waals surface area contributed by atoms with Crippen LogP contribution in [0.25, 0.3) is 11.0 Å². The Kier molecular flexibility index (Phi) is 3.10. The fourth-order valence-corrected chi connectivity index (χ4v) is 1.45. The molecular weight excluding hydrogens is 293 g/mol. The van der Waals surface area contributed by atoms with Crippen molar-refractivity contribution >= 4 is 11.0 Å². The van der Waals surface area contributed by atoms with Gasteiger partial charge in [-0.15, -0.1) is 0 Å². The monoisotopic (exact) mass is 298 g/mol. The number of para-hydroxylation sites is 2. The Bertz CT molecular complexity index is 636. The molecule has 0 atom stereocenters. The van der Waals surface area contributed by atoms with Gasteiger partial charge >= 0.3 is 18.0 Å². The molecule has 0 amide bonds. The van der Waals surface area contributed by atoms with Gasteiger partial charge in [-0.2, -0.15) is 30.7 Å². The zero-order chi connectivity index (χ0) is 15.2. The van der Waals surface area contributed by atoms with Crippen LogP contribution in [0.4, 0.5) is 30.7 Å². The number of hydrogen-bond donors (Lipinski definition) is 0. The SMILES string of the molecule is FC(F)(F)C(F)(F)C(F)(F)c1cnc2ccccc2n1. The van der Waals surface area contributed by atoms with Crippen molar-refractivity contribution in [1.29, 1.82) is 0 Å². The Morgan fingerprint density at radius 2 is 1.35 bits per heavy atom. The van der Waals surface area contributed by atoms with Gasteiger partial charge in [0.15, 0.2) is 0 Å². The fraction of sp³-hybridized carbons (Fsp3) is 0.273. The van der Waals surface area contributed by atoms with Gasteiger partial charge in [0.05, 0.1) is 17.2 Å². The number of alkyl halides is 7. The molecule has 108 valence electrons. The Morgan fingerprint density at radius 3 is 1.90 bits per heavy atom. The van der Waals surface area contributed by atoms with Crippen molar-refractivity contribution in [3.63, 3.8) is 0 Å². The van der Waals surface area contributed by atoms with Crippen LogP contribution in [0.2, 0.25) is 0 Å². The summed E-state index contributed by atoms with van der Waals surface area (Å²) >= 11 is 0. The highest BCUT2D eigenvalue weighted by atomic mass is 19.4. The normalized spacial score (nSPS) is 13.8. The highest BCUT2D eigenvalue weighted by Crippen LogP contribution is 2.51. The molecule has 0 saturated heterocycles. The zero-order valence-corrected chi connectivity index (χ0v) is 9.43. The summed E-state index contributed by atoms with van der Waals surface area (Å²) in [6, 6.07) is 5.37. The number of halogens is 7. The number of fused-ring (bicyclic) bond motifs is 1. The second-order valence-corrected chi connectivity index (χ2v) is 3.89. The highest BCUT2D eigenvalue weighted by molar-refractivity contribution is 5.73. The lowest BCUT2D eigenvalue weighted by atomic mass is 10.1. The number of benzene rings is 1. The van der Waals surface area contributed by atoms with Gasteiger partial charge in [0.1, 0.15) is 5.69 Å². The molecular formula is C11H5F7N2. The molecule has 0 aliphatic carbocycles. The highest BCUT2D eigenvalue weighted by Gasteiger charge is 2.74. The summed E-state index contributed by atoms with van der Waals surface area (Å²) in [5.74, 6) is -11.8. The molecule has 0 bridgehead atoms. The Hall–Kier alpha value is -1.93. The minimum Gasteiger partial charge on any atom is -0.252 e. The molecule has 2 aromatic rings. The molecule has 1 aromatic carbocycles. The second-order valence-electron chi connectivity index (χ2n) is 3.89. The van der Waals surface area contributed by atoms with E-state index in [0.29, 0.717) is 0 Å². The number of rotatable bonds is 2. The maximum atomic E-state index is 13.4. The van der Waals surface area contributed by atoms with Gasteiger partial charge < -0.3 is 0 Å². The topological polar surface area (TPSA) is 25.8 Å². The van der Waals surface area contributed by atoms with Crippen molar-refractivity contribution in [3.05, 3.63) is 36.2 Å². The third-order valence-electron chi connectivity index (χ3n) is 2.52. The predicted molar refractivity (Wildman–Crippen MR) is 54.4 cm³/mol. The standard InChI is InChI=1S/C11H5F7N2/c12-9(13,10(14,15)11(16,17)18)8-5-19-6-3-1-2-4-7(6)20-8/h1-5H. The Morgan fingerprint density at radius 1 is 0.800 bits per heavy atom. The van der Waals surface area contributed by atoms with Gasteiger partial charge in [0, 0.05) is 0 Å². The molecule has 20 heavy (non-hydrogen) atoms. The summed E-state index contributed by atoms with van der Waals surface area (Å²) < 4.78 is 88.6. The molecule has 9 heteroatoms. The number of aromatic nitrogens is 2. The van der Waals surface area contributed by atoms with Crippen molar-refractivity contribution < 1.29 is 30.7 Å². The van der Waals surface area contributed by atoms with E-state index >= 15 is 0 Å². The van der Waals surface area contributed by atoms with E-state index in [1.165, 1.54) is 24.3 Å². The van der Waals surface area contributed by atoms with Crippen LogP contribution in [0.15, 0.2) is 30.5 Å². The smallest absolute Gasteiger partial charge is 0.252 e. The first-order chi connectivity index (χ1) is 9.07. The largest absolute Gasteiger partial charge is 0.460 e. The molecule has 0 fully saturated rings. The first-order valence-corrected chi connectivity index (χ1v) is 5.12. The second kappa shape index (κ2) is 4.29. The lowest BCUT2D eigenvalue weighted by Crippen LogP contribution is -2.50. The van der Waals surface area contributed by atoms with Crippen LogP contribution in [0, 0.1) is 0 Å². The summed E-state index contributed by atoms with van der Waals surface area (Å²) in [4.78, 5) is 6.53. The maximum absolute atomic E-state index is 13.4. The van der Waals surface area contributed by atoms with E-state index in [0.717, 1.165) is 0 Å². The minimum absolute atomic E-state index is 0.0994. The van der Waals surface area contributed by atoms with Crippen LogP contribution >= 0.6 is 0 Å². The van der Waals surface area contributed by atoms with Crippen LogP contribution < -0.4 is 0 Å². The first kappa shape index (κ1) is 14.5. The summed E-state index contributed by atoms with van der Waals surface area (Å²) in [7, 11) is 0. The molecule has 1 heterocycles. The predicted octanol–water partition coefficient (Wildman–Crippen LogP) is 3.92. The fourth-order valence-electron chi connectivity index (χ4n) is 1.45. The van der Waals surface area contributed by atoms with Crippen molar-refractivity contribution in [2.45, 2.75) is 18.0 Å². The Labute approximate surface area is 107 Å². The van der Waals surface area contributed by atoms with Crippen molar-refractivity contribution in [1.82, 2.24) is 9.97 Å². The van der Waals surface area contributed by atoms with Gasteiger partial charge in [0.2, 0.25) is 0 Å². The first-order valence-electron chi connectivity index (χ1n) is 5.12. The van der Waals surface area contributed by atoms with Crippen LogP contribution in [-0.4, -0.2) is 22.1 Å². The van der Waals surface area contributed by atoms with E-state index < -0.39 is 23.7 Å². The van der Waals surface area contributed by atoms with Gasteiger partial charge in [-0.1, -0.05) is 12.1 Å². The minimum atomic E-state index is -6.40. The third kappa shape index (κ3) is 2.06. The van der Waals surface area contributed by atoms with E-state index in [1.807, 2.05) is 0 Å². The molecule has 1 aromatic heterocycles. The summed E-state index contributed by atoms with van der Waals surface area (Å²) in [6.07, 6.45) is -6.19. The van der Waals surface area contributed by atoms with Gasteiger partial charge in [-0.05, 0) is 12.1 Å². The molecule has 0 aliphatic rings.